The minimum atomic E-state index is -0.890. The van der Waals surface area contributed by atoms with E-state index in [0.29, 0.717) is 16.5 Å². The smallest absolute Gasteiger partial charge is 0.119 e. The lowest BCUT2D eigenvalue weighted by molar-refractivity contribution is 0.264. The molecule has 2 atom stereocenters. The molecule has 0 aromatic heterocycles. The number of alkyl halides is 1. The zero-order chi connectivity index (χ0) is 11.5. The summed E-state index contributed by atoms with van der Waals surface area (Å²) in [6.07, 6.45) is 1.39. The van der Waals surface area contributed by atoms with Gasteiger partial charge in [-0.2, -0.15) is 0 Å². The summed E-state index contributed by atoms with van der Waals surface area (Å²) in [4.78, 5) is 0. The molecule has 1 aliphatic rings. The van der Waals surface area contributed by atoms with E-state index >= 15 is 0 Å². The molecule has 0 radical (unpaired) electrons. The number of nitrogens with one attached hydrogen (secondary N) is 1. The fourth-order valence-electron chi connectivity index (χ4n) is 2.08. The third-order valence-electron chi connectivity index (χ3n) is 2.98. The zero-order valence-corrected chi connectivity index (χ0v) is 10.4. The van der Waals surface area contributed by atoms with Crippen molar-refractivity contribution in [2.75, 3.05) is 6.54 Å². The van der Waals surface area contributed by atoms with Gasteiger partial charge < -0.3 is 5.32 Å². The minimum Gasteiger partial charge on any atom is -0.311 e. The Balaban J connectivity index is 2.05. The highest BCUT2D eigenvalue weighted by Crippen LogP contribution is 2.28. The van der Waals surface area contributed by atoms with Crippen LogP contribution in [0.2, 0.25) is 10.0 Å². The van der Waals surface area contributed by atoms with Crippen LogP contribution in [-0.2, 0) is 6.42 Å². The fraction of sp³-hybridized carbons (Fsp3) is 0.500. The summed E-state index contributed by atoms with van der Waals surface area (Å²) in [5.74, 6) is 0. The van der Waals surface area contributed by atoms with E-state index in [1.165, 1.54) is 0 Å². The lowest BCUT2D eigenvalue weighted by Gasteiger charge is -2.16. The van der Waals surface area contributed by atoms with Crippen molar-refractivity contribution in [1.82, 2.24) is 5.32 Å². The van der Waals surface area contributed by atoms with Gasteiger partial charge in [0.25, 0.3) is 0 Å². The first-order valence-electron chi connectivity index (χ1n) is 5.49. The van der Waals surface area contributed by atoms with Crippen LogP contribution in [0.15, 0.2) is 18.2 Å². The first kappa shape index (κ1) is 12.2. The van der Waals surface area contributed by atoms with Crippen molar-refractivity contribution >= 4 is 23.2 Å². The molecule has 2 unspecified atom stereocenters. The molecule has 1 aromatic carbocycles. The molecule has 88 valence electrons. The van der Waals surface area contributed by atoms with Crippen LogP contribution in [-0.4, -0.2) is 18.8 Å². The van der Waals surface area contributed by atoms with Crippen LogP contribution < -0.4 is 5.32 Å². The third kappa shape index (κ3) is 2.68. The molecule has 1 fully saturated rings. The molecule has 1 saturated heterocycles. The maximum absolute atomic E-state index is 13.9. The van der Waals surface area contributed by atoms with E-state index in [-0.39, 0.29) is 6.04 Å². The van der Waals surface area contributed by atoms with Gasteiger partial charge in [0.1, 0.15) is 6.17 Å². The number of rotatable bonds is 3. The van der Waals surface area contributed by atoms with Crippen molar-refractivity contribution in [2.24, 2.45) is 0 Å². The molecule has 4 heteroatoms. The molecule has 16 heavy (non-hydrogen) atoms. The van der Waals surface area contributed by atoms with Gasteiger partial charge >= 0.3 is 0 Å². The molecule has 1 N–H and O–H groups in total. The number of benzene rings is 1. The van der Waals surface area contributed by atoms with Crippen LogP contribution in [0.4, 0.5) is 4.39 Å². The zero-order valence-electron chi connectivity index (χ0n) is 8.85. The normalized spacial score (nSPS) is 22.3. The molecular formula is C12H14Cl2FN. The maximum Gasteiger partial charge on any atom is 0.119 e. The maximum atomic E-state index is 13.9. The minimum absolute atomic E-state index is 0.0324. The van der Waals surface area contributed by atoms with E-state index < -0.39 is 6.17 Å². The Labute approximate surface area is 105 Å². The van der Waals surface area contributed by atoms with Gasteiger partial charge in [-0.15, -0.1) is 0 Å². The SMILES string of the molecule is FC(Cc1cccc(Cl)c1Cl)C1CCCN1. The Morgan fingerprint density at radius 1 is 1.44 bits per heavy atom. The van der Waals surface area contributed by atoms with Crippen molar-refractivity contribution in [3.05, 3.63) is 33.8 Å². The van der Waals surface area contributed by atoms with E-state index in [1.807, 2.05) is 6.07 Å². The van der Waals surface area contributed by atoms with Crippen LogP contribution >= 0.6 is 23.2 Å². The Morgan fingerprint density at radius 3 is 2.94 bits per heavy atom. The van der Waals surface area contributed by atoms with Gasteiger partial charge in [0.05, 0.1) is 10.0 Å². The van der Waals surface area contributed by atoms with E-state index in [0.717, 1.165) is 24.9 Å². The number of halogens is 3. The molecule has 1 aliphatic heterocycles. The van der Waals surface area contributed by atoms with Crippen molar-refractivity contribution in [3.63, 3.8) is 0 Å². The third-order valence-corrected chi connectivity index (χ3v) is 3.84. The lowest BCUT2D eigenvalue weighted by atomic mass is 10.0. The predicted molar refractivity (Wildman–Crippen MR) is 66.1 cm³/mol. The molecule has 1 nitrogen and oxygen atoms in total. The Morgan fingerprint density at radius 2 is 2.25 bits per heavy atom. The molecule has 0 aliphatic carbocycles. The van der Waals surface area contributed by atoms with Crippen LogP contribution in [0, 0.1) is 0 Å². The van der Waals surface area contributed by atoms with Crippen LogP contribution in [0.3, 0.4) is 0 Å². The quantitative estimate of drug-likeness (QED) is 0.877. The molecule has 0 saturated carbocycles. The molecule has 0 bridgehead atoms. The summed E-state index contributed by atoms with van der Waals surface area (Å²) >= 11 is 11.9. The Kier molecular flexibility index (Phi) is 4.06. The molecule has 0 amide bonds. The Hall–Kier alpha value is -0.310. The lowest BCUT2D eigenvalue weighted by Crippen LogP contribution is -2.33. The summed E-state index contributed by atoms with van der Waals surface area (Å²) in [5, 5.41) is 4.13. The van der Waals surface area contributed by atoms with Crippen molar-refractivity contribution in [2.45, 2.75) is 31.5 Å². The largest absolute Gasteiger partial charge is 0.311 e. The molecule has 1 heterocycles. The van der Waals surface area contributed by atoms with E-state index in [2.05, 4.69) is 5.32 Å². The van der Waals surface area contributed by atoms with Crippen molar-refractivity contribution < 1.29 is 4.39 Å². The first-order chi connectivity index (χ1) is 7.68. The standard InChI is InChI=1S/C12H14Cl2FN/c13-9-4-1-3-8(12(9)14)7-10(15)11-5-2-6-16-11/h1,3-4,10-11,16H,2,5-7H2. The average molecular weight is 262 g/mol. The molecule has 0 spiro atoms. The number of hydrogen-bond acceptors (Lipinski definition) is 1. The second-order valence-electron chi connectivity index (χ2n) is 4.14. The molecule has 1 aromatic rings. The van der Waals surface area contributed by atoms with Crippen molar-refractivity contribution in [3.8, 4) is 0 Å². The fourth-order valence-corrected chi connectivity index (χ4v) is 2.48. The van der Waals surface area contributed by atoms with E-state index in [4.69, 9.17) is 23.2 Å². The number of hydrogen-bond donors (Lipinski definition) is 1. The summed E-state index contributed by atoms with van der Waals surface area (Å²) in [6, 6.07) is 5.32. The summed E-state index contributed by atoms with van der Waals surface area (Å²) in [5.41, 5.74) is 0.787. The highest BCUT2D eigenvalue weighted by atomic mass is 35.5. The van der Waals surface area contributed by atoms with Gasteiger partial charge in [-0.3, -0.25) is 0 Å². The van der Waals surface area contributed by atoms with Gasteiger partial charge in [0, 0.05) is 12.5 Å². The highest BCUT2D eigenvalue weighted by Gasteiger charge is 2.25. The van der Waals surface area contributed by atoms with Gasteiger partial charge in [0.15, 0.2) is 0 Å². The van der Waals surface area contributed by atoms with Crippen LogP contribution in [0.1, 0.15) is 18.4 Å². The second kappa shape index (κ2) is 5.35. The second-order valence-corrected chi connectivity index (χ2v) is 4.92. The molecule has 2 rings (SSSR count). The predicted octanol–water partition coefficient (Wildman–Crippen LogP) is 3.63. The van der Waals surface area contributed by atoms with Gasteiger partial charge in [-0.25, -0.2) is 4.39 Å². The monoisotopic (exact) mass is 261 g/mol. The summed E-state index contributed by atoms with van der Waals surface area (Å²) in [6.45, 7) is 0.911. The van der Waals surface area contributed by atoms with Crippen molar-refractivity contribution in [1.29, 1.82) is 0 Å². The highest BCUT2D eigenvalue weighted by molar-refractivity contribution is 6.42. The summed E-state index contributed by atoms with van der Waals surface area (Å²) < 4.78 is 13.9. The van der Waals surface area contributed by atoms with Crippen LogP contribution in [0.25, 0.3) is 0 Å². The van der Waals surface area contributed by atoms with Gasteiger partial charge in [0.2, 0.25) is 0 Å². The Bertz CT molecular complexity index is 364. The summed E-state index contributed by atoms with van der Waals surface area (Å²) in [7, 11) is 0. The van der Waals surface area contributed by atoms with Gasteiger partial charge in [-0.05, 0) is 31.0 Å². The van der Waals surface area contributed by atoms with E-state index in [1.54, 1.807) is 12.1 Å². The topological polar surface area (TPSA) is 12.0 Å². The van der Waals surface area contributed by atoms with E-state index in [9.17, 15) is 4.39 Å². The average Bonchev–Trinajstić information content (AvgIpc) is 2.78. The van der Waals surface area contributed by atoms with Gasteiger partial charge in [-0.1, -0.05) is 35.3 Å². The first-order valence-corrected chi connectivity index (χ1v) is 6.24. The van der Waals surface area contributed by atoms with Crippen LogP contribution in [0.5, 0.6) is 0 Å². The molecular weight excluding hydrogens is 248 g/mol.